The van der Waals surface area contributed by atoms with Crippen molar-refractivity contribution in [3.05, 3.63) is 109 Å². The predicted octanol–water partition coefficient (Wildman–Crippen LogP) is 9.38. The highest BCUT2D eigenvalue weighted by Gasteiger charge is 2.33. The molecule has 0 N–H and O–H groups in total. The summed E-state index contributed by atoms with van der Waals surface area (Å²) in [4.78, 5) is 14.2. The van der Waals surface area contributed by atoms with E-state index >= 15 is 0 Å². The zero-order chi connectivity index (χ0) is 29.9. The molecule has 43 heavy (non-hydrogen) atoms. The average molecular weight is 568 g/mol. The largest absolute Gasteiger partial charge is 0.439 e. The Hall–Kier alpha value is -4.84. The van der Waals surface area contributed by atoms with Crippen molar-refractivity contribution < 1.29 is 4.74 Å². The van der Waals surface area contributed by atoms with Crippen LogP contribution in [-0.4, -0.2) is 26.7 Å². The maximum Gasteiger partial charge on any atom is 0.221 e. The molecule has 3 aromatic heterocycles. The van der Waals surface area contributed by atoms with E-state index in [1.165, 1.54) is 22.3 Å². The van der Waals surface area contributed by atoms with Crippen LogP contribution in [0.4, 0.5) is 17.1 Å². The molecule has 0 amide bonds. The standard InChI is InChI=1S/C37H37N5O/c1-36(2,3)25-17-19-38-34(21-25)42-30-12-8-7-11-28(30)29-16-15-27(23-33(29)42)43-35-22-26(18-20-39-35)40-24-41(37(4,5)6)32-14-10-9-13-31(32)40/h7-23H,24H2,1-6H3. The highest BCUT2D eigenvalue weighted by Crippen LogP contribution is 2.44. The van der Waals surface area contributed by atoms with Crippen molar-refractivity contribution in [1.82, 2.24) is 14.5 Å². The van der Waals surface area contributed by atoms with Crippen molar-refractivity contribution in [3.8, 4) is 17.4 Å². The van der Waals surface area contributed by atoms with Crippen LogP contribution in [-0.2, 0) is 5.41 Å². The van der Waals surface area contributed by atoms with E-state index in [9.17, 15) is 0 Å². The number of fused-ring (bicyclic) bond motifs is 4. The molecule has 0 aliphatic carbocycles. The monoisotopic (exact) mass is 567 g/mol. The third-order valence-electron chi connectivity index (χ3n) is 8.29. The first-order chi connectivity index (χ1) is 20.6. The Morgan fingerprint density at radius 1 is 0.674 bits per heavy atom. The van der Waals surface area contributed by atoms with Crippen molar-refractivity contribution in [2.75, 3.05) is 16.5 Å². The van der Waals surface area contributed by atoms with Crippen LogP contribution in [0.5, 0.6) is 11.6 Å². The number of benzene rings is 3. The highest BCUT2D eigenvalue weighted by atomic mass is 16.5. The Labute approximate surface area is 253 Å². The molecule has 6 aromatic rings. The van der Waals surface area contributed by atoms with Crippen LogP contribution in [0.15, 0.2) is 103 Å². The summed E-state index contributed by atoms with van der Waals surface area (Å²) >= 11 is 0. The summed E-state index contributed by atoms with van der Waals surface area (Å²) in [6.45, 7) is 14.2. The third kappa shape index (κ3) is 4.77. The van der Waals surface area contributed by atoms with E-state index in [1.54, 1.807) is 0 Å². The molecule has 4 heterocycles. The topological polar surface area (TPSA) is 46.4 Å². The molecule has 0 spiro atoms. The summed E-state index contributed by atoms with van der Waals surface area (Å²) in [5, 5.41) is 2.34. The SMILES string of the molecule is CC(C)(C)c1ccnc(-n2c3ccccc3c3ccc(Oc4cc(N5CN(C(C)(C)C)c6ccccc65)ccn4)cc32)c1. The van der Waals surface area contributed by atoms with Crippen molar-refractivity contribution in [3.63, 3.8) is 0 Å². The lowest BCUT2D eigenvalue weighted by atomic mass is 9.88. The quantitative estimate of drug-likeness (QED) is 0.212. The Balaban J connectivity index is 1.28. The van der Waals surface area contributed by atoms with E-state index in [2.05, 4.69) is 134 Å². The molecule has 6 heteroatoms. The second-order valence-corrected chi connectivity index (χ2v) is 13.3. The lowest BCUT2D eigenvalue weighted by Crippen LogP contribution is -2.42. The number of ether oxygens (including phenoxy) is 1. The van der Waals surface area contributed by atoms with E-state index in [0.717, 1.165) is 40.3 Å². The van der Waals surface area contributed by atoms with Crippen LogP contribution in [0.1, 0.15) is 47.1 Å². The molecule has 216 valence electrons. The van der Waals surface area contributed by atoms with Gasteiger partial charge in [0.1, 0.15) is 11.6 Å². The minimum absolute atomic E-state index is 0.00760. The van der Waals surface area contributed by atoms with E-state index in [-0.39, 0.29) is 11.0 Å². The summed E-state index contributed by atoms with van der Waals surface area (Å²) in [7, 11) is 0. The molecule has 1 aliphatic rings. The van der Waals surface area contributed by atoms with Gasteiger partial charge in [-0.25, -0.2) is 9.97 Å². The van der Waals surface area contributed by atoms with Gasteiger partial charge in [0, 0.05) is 46.5 Å². The molecule has 6 nitrogen and oxygen atoms in total. The summed E-state index contributed by atoms with van der Waals surface area (Å²) in [5.74, 6) is 2.18. The summed E-state index contributed by atoms with van der Waals surface area (Å²) in [6.07, 6.45) is 3.73. The van der Waals surface area contributed by atoms with Crippen molar-refractivity contribution in [2.45, 2.75) is 52.5 Å². The molecule has 0 fully saturated rings. The van der Waals surface area contributed by atoms with Crippen LogP contribution in [0.25, 0.3) is 27.6 Å². The maximum atomic E-state index is 6.45. The molecule has 0 atom stereocenters. The van der Waals surface area contributed by atoms with Gasteiger partial charge in [-0.05, 0) is 80.3 Å². The molecular weight excluding hydrogens is 530 g/mol. The minimum Gasteiger partial charge on any atom is -0.439 e. The van der Waals surface area contributed by atoms with Gasteiger partial charge >= 0.3 is 0 Å². The second-order valence-electron chi connectivity index (χ2n) is 13.3. The maximum absolute atomic E-state index is 6.45. The van der Waals surface area contributed by atoms with Crippen LogP contribution < -0.4 is 14.5 Å². The zero-order valence-corrected chi connectivity index (χ0v) is 25.7. The number of nitrogens with zero attached hydrogens (tertiary/aromatic N) is 5. The number of rotatable bonds is 4. The smallest absolute Gasteiger partial charge is 0.221 e. The Bertz CT molecular complexity index is 1980. The number of pyridine rings is 2. The second kappa shape index (κ2) is 9.87. The van der Waals surface area contributed by atoms with E-state index in [4.69, 9.17) is 9.72 Å². The number of hydrogen-bond acceptors (Lipinski definition) is 5. The molecule has 3 aromatic carbocycles. The summed E-state index contributed by atoms with van der Waals surface area (Å²) in [5.41, 5.74) is 6.87. The van der Waals surface area contributed by atoms with Crippen molar-refractivity contribution >= 4 is 38.9 Å². The molecule has 7 rings (SSSR count). The molecule has 0 bridgehead atoms. The summed E-state index contributed by atoms with van der Waals surface area (Å²) < 4.78 is 8.68. The third-order valence-corrected chi connectivity index (χ3v) is 8.29. The lowest BCUT2D eigenvalue weighted by Gasteiger charge is -2.34. The number of para-hydroxylation sites is 3. The lowest BCUT2D eigenvalue weighted by molar-refractivity contribution is 0.463. The van der Waals surface area contributed by atoms with Gasteiger partial charge in [-0.2, -0.15) is 0 Å². The van der Waals surface area contributed by atoms with E-state index < -0.39 is 0 Å². The van der Waals surface area contributed by atoms with Crippen LogP contribution in [0.2, 0.25) is 0 Å². The first kappa shape index (κ1) is 27.0. The van der Waals surface area contributed by atoms with Crippen molar-refractivity contribution in [1.29, 1.82) is 0 Å². The number of aromatic nitrogens is 3. The first-order valence-electron chi connectivity index (χ1n) is 14.9. The highest BCUT2D eigenvalue weighted by molar-refractivity contribution is 6.09. The van der Waals surface area contributed by atoms with Crippen molar-refractivity contribution in [2.24, 2.45) is 0 Å². The Morgan fingerprint density at radius 3 is 2.19 bits per heavy atom. The fourth-order valence-electron chi connectivity index (χ4n) is 6.02. The van der Waals surface area contributed by atoms with Crippen LogP contribution >= 0.6 is 0 Å². The Kier molecular flexibility index (Phi) is 6.20. The minimum atomic E-state index is -0.00760. The van der Waals surface area contributed by atoms with Gasteiger partial charge in [0.25, 0.3) is 0 Å². The average Bonchev–Trinajstić information content (AvgIpc) is 3.53. The van der Waals surface area contributed by atoms with E-state index in [1.807, 2.05) is 30.6 Å². The number of anilines is 3. The normalized spacial score (nSPS) is 13.6. The molecule has 0 radical (unpaired) electrons. The molecule has 1 aliphatic heterocycles. The van der Waals surface area contributed by atoms with Gasteiger partial charge in [0.2, 0.25) is 5.88 Å². The fourth-order valence-corrected chi connectivity index (χ4v) is 6.02. The fraction of sp³-hybridized carbons (Fsp3) is 0.243. The van der Waals surface area contributed by atoms with Crippen LogP contribution in [0.3, 0.4) is 0 Å². The van der Waals surface area contributed by atoms with Gasteiger partial charge in [0.05, 0.1) is 29.1 Å². The molecule has 0 unspecified atom stereocenters. The van der Waals surface area contributed by atoms with Crippen LogP contribution in [0, 0.1) is 0 Å². The first-order valence-corrected chi connectivity index (χ1v) is 14.9. The van der Waals surface area contributed by atoms with Gasteiger partial charge in [-0.3, -0.25) is 4.57 Å². The molecule has 0 saturated heterocycles. The molecular formula is C37H37N5O. The van der Waals surface area contributed by atoms with Gasteiger partial charge in [0.15, 0.2) is 0 Å². The van der Waals surface area contributed by atoms with Gasteiger partial charge in [-0.1, -0.05) is 51.1 Å². The van der Waals surface area contributed by atoms with E-state index in [0.29, 0.717) is 5.88 Å². The Morgan fingerprint density at radius 2 is 1.40 bits per heavy atom. The zero-order valence-electron chi connectivity index (χ0n) is 25.7. The number of hydrogen-bond donors (Lipinski definition) is 0. The molecule has 0 saturated carbocycles. The van der Waals surface area contributed by atoms with Gasteiger partial charge in [-0.15, -0.1) is 0 Å². The summed E-state index contributed by atoms with van der Waals surface area (Å²) in [6, 6.07) is 31.7. The van der Waals surface area contributed by atoms with Gasteiger partial charge < -0.3 is 14.5 Å². The predicted molar refractivity (Wildman–Crippen MR) is 177 cm³/mol.